The van der Waals surface area contributed by atoms with Crippen LogP contribution in [0.25, 0.3) is 28.0 Å². The molecule has 0 saturated heterocycles. The number of fused-ring (bicyclic) bond motifs is 4. The van der Waals surface area contributed by atoms with Gasteiger partial charge in [-0.25, -0.2) is 4.79 Å². The molecule has 4 heteroatoms. The molecule has 0 aliphatic heterocycles. The third-order valence-electron chi connectivity index (χ3n) is 5.94. The molecule has 1 amide bonds. The first kappa shape index (κ1) is 20.0. The molecular weight excluding hydrogens is 396 g/mol. The van der Waals surface area contributed by atoms with Crippen molar-refractivity contribution in [3.63, 3.8) is 0 Å². The number of carbonyl (C=O) groups is 1. The molecular formula is C28H24N2O2. The highest BCUT2D eigenvalue weighted by atomic mass is 16.5. The Labute approximate surface area is 187 Å². The van der Waals surface area contributed by atoms with Gasteiger partial charge in [-0.1, -0.05) is 78.9 Å². The third-order valence-corrected chi connectivity index (χ3v) is 5.94. The molecule has 1 aliphatic carbocycles. The summed E-state index contributed by atoms with van der Waals surface area (Å²) in [5.41, 5.74) is 6.01. The van der Waals surface area contributed by atoms with E-state index in [-0.39, 0.29) is 12.0 Å². The van der Waals surface area contributed by atoms with E-state index in [2.05, 4.69) is 58.9 Å². The molecule has 0 radical (unpaired) electrons. The Bertz CT molecular complexity index is 1240. The predicted molar refractivity (Wildman–Crippen MR) is 128 cm³/mol. The fourth-order valence-corrected chi connectivity index (χ4v) is 4.40. The maximum atomic E-state index is 12.3. The number of benzene rings is 3. The lowest BCUT2D eigenvalue weighted by atomic mass is 9.98. The lowest BCUT2D eigenvalue weighted by Crippen LogP contribution is -2.26. The number of nitrogens with zero attached hydrogens (tertiary/aromatic N) is 1. The molecule has 1 heterocycles. The number of hydrogen-bond acceptors (Lipinski definition) is 3. The van der Waals surface area contributed by atoms with Crippen LogP contribution in [0, 0.1) is 0 Å². The van der Waals surface area contributed by atoms with Gasteiger partial charge in [0.25, 0.3) is 0 Å². The molecule has 1 aliphatic rings. The van der Waals surface area contributed by atoms with Crippen LogP contribution in [-0.2, 0) is 4.74 Å². The summed E-state index contributed by atoms with van der Waals surface area (Å²) in [5, 5.41) is 5.14. The molecule has 1 N–H and O–H groups in total. The van der Waals surface area contributed by atoms with E-state index >= 15 is 0 Å². The van der Waals surface area contributed by atoms with Gasteiger partial charge in [0.15, 0.2) is 0 Å². The van der Waals surface area contributed by atoms with E-state index in [0.29, 0.717) is 13.2 Å². The molecule has 158 valence electrons. The van der Waals surface area contributed by atoms with E-state index in [0.717, 1.165) is 17.4 Å². The van der Waals surface area contributed by atoms with Gasteiger partial charge in [-0.3, -0.25) is 4.98 Å². The summed E-state index contributed by atoms with van der Waals surface area (Å²) in [6.07, 6.45) is 8.16. The number of nitrogens with one attached hydrogen (secondary N) is 1. The normalized spacial score (nSPS) is 12.6. The molecule has 4 nitrogen and oxygen atoms in total. The fraction of sp³-hybridized carbons (Fsp3) is 0.143. The summed E-state index contributed by atoms with van der Waals surface area (Å²) >= 11 is 0. The lowest BCUT2D eigenvalue weighted by Gasteiger charge is -2.14. The standard InChI is InChI=1S/C28H24N2O2/c31-28(30-16-6-5-8-20-9-7-10-21-15-17-29-18-26(20)21)32-19-27-24-13-3-1-11-22(24)23-12-2-4-14-25(23)27/h1-5,7-15,17-18,27H,6,16,19H2,(H,30,31). The number of carbonyl (C=O) groups excluding carboxylic acids is 1. The third kappa shape index (κ3) is 4.00. The largest absolute Gasteiger partial charge is 0.449 e. The average molecular weight is 421 g/mol. The summed E-state index contributed by atoms with van der Waals surface area (Å²) < 4.78 is 5.58. The Hall–Kier alpha value is -3.92. The minimum Gasteiger partial charge on any atom is -0.449 e. The summed E-state index contributed by atoms with van der Waals surface area (Å²) in [4.78, 5) is 16.5. The fourth-order valence-electron chi connectivity index (χ4n) is 4.40. The van der Waals surface area contributed by atoms with E-state index in [9.17, 15) is 4.79 Å². The first-order valence-electron chi connectivity index (χ1n) is 10.9. The lowest BCUT2D eigenvalue weighted by molar-refractivity contribution is 0.143. The van der Waals surface area contributed by atoms with Crippen molar-refractivity contribution in [3.05, 3.63) is 108 Å². The summed E-state index contributed by atoms with van der Waals surface area (Å²) in [5.74, 6) is 0.0769. The summed E-state index contributed by atoms with van der Waals surface area (Å²) in [6.45, 7) is 0.856. The maximum Gasteiger partial charge on any atom is 0.407 e. The molecule has 0 saturated carbocycles. The second-order valence-electron chi connectivity index (χ2n) is 7.89. The topological polar surface area (TPSA) is 51.2 Å². The Kier molecular flexibility index (Phi) is 5.67. The van der Waals surface area contributed by atoms with Gasteiger partial charge in [0, 0.05) is 30.2 Å². The van der Waals surface area contributed by atoms with Crippen molar-refractivity contribution in [2.75, 3.05) is 13.2 Å². The van der Waals surface area contributed by atoms with Gasteiger partial charge in [-0.05, 0) is 45.7 Å². The predicted octanol–water partition coefficient (Wildman–Crippen LogP) is 6.18. The number of amides is 1. The Morgan fingerprint density at radius 2 is 1.69 bits per heavy atom. The minimum atomic E-state index is -0.380. The first-order chi connectivity index (χ1) is 15.8. The smallest absolute Gasteiger partial charge is 0.407 e. The van der Waals surface area contributed by atoms with Gasteiger partial charge >= 0.3 is 6.09 Å². The first-order valence-corrected chi connectivity index (χ1v) is 10.9. The molecule has 0 spiro atoms. The van der Waals surface area contributed by atoms with E-state index < -0.39 is 0 Å². The van der Waals surface area contributed by atoms with Gasteiger partial charge in [0.2, 0.25) is 0 Å². The van der Waals surface area contributed by atoms with E-state index in [1.807, 2.05) is 42.6 Å². The van der Waals surface area contributed by atoms with Crippen LogP contribution in [0.1, 0.15) is 29.0 Å². The highest BCUT2D eigenvalue weighted by Gasteiger charge is 2.28. The number of alkyl carbamates (subject to hydrolysis) is 1. The Morgan fingerprint density at radius 3 is 2.47 bits per heavy atom. The van der Waals surface area contributed by atoms with Crippen molar-refractivity contribution in [2.24, 2.45) is 0 Å². The van der Waals surface area contributed by atoms with Gasteiger partial charge in [0.1, 0.15) is 6.61 Å². The van der Waals surface area contributed by atoms with Crippen LogP contribution in [-0.4, -0.2) is 24.2 Å². The van der Waals surface area contributed by atoms with Crippen molar-refractivity contribution < 1.29 is 9.53 Å². The Morgan fingerprint density at radius 1 is 0.938 bits per heavy atom. The molecule has 0 unspecified atom stereocenters. The Balaban J connectivity index is 1.14. The number of rotatable bonds is 6. The van der Waals surface area contributed by atoms with Crippen LogP contribution in [0.2, 0.25) is 0 Å². The van der Waals surface area contributed by atoms with Gasteiger partial charge < -0.3 is 10.1 Å². The molecule has 3 aromatic carbocycles. The zero-order chi connectivity index (χ0) is 21.8. The van der Waals surface area contributed by atoms with E-state index in [4.69, 9.17) is 4.74 Å². The van der Waals surface area contributed by atoms with Crippen molar-refractivity contribution in [3.8, 4) is 11.1 Å². The van der Waals surface area contributed by atoms with Gasteiger partial charge in [-0.15, -0.1) is 0 Å². The van der Waals surface area contributed by atoms with Crippen molar-refractivity contribution in [2.45, 2.75) is 12.3 Å². The minimum absolute atomic E-state index is 0.0769. The number of hydrogen-bond donors (Lipinski definition) is 1. The molecule has 1 aromatic heterocycles. The molecule has 4 aromatic rings. The van der Waals surface area contributed by atoms with Crippen LogP contribution in [0.4, 0.5) is 4.79 Å². The zero-order valence-corrected chi connectivity index (χ0v) is 17.7. The average Bonchev–Trinajstić information content (AvgIpc) is 3.16. The summed E-state index contributed by atoms with van der Waals surface area (Å²) in [6, 6.07) is 24.9. The van der Waals surface area contributed by atoms with Gasteiger partial charge in [0.05, 0.1) is 0 Å². The second-order valence-corrected chi connectivity index (χ2v) is 7.89. The van der Waals surface area contributed by atoms with Crippen LogP contribution >= 0.6 is 0 Å². The molecule has 32 heavy (non-hydrogen) atoms. The quantitative estimate of drug-likeness (QED) is 0.379. The SMILES string of the molecule is O=C(NCCC=Cc1cccc2ccncc12)OCC1c2ccccc2-c2ccccc21. The highest BCUT2D eigenvalue weighted by Crippen LogP contribution is 2.44. The monoisotopic (exact) mass is 420 g/mol. The van der Waals surface area contributed by atoms with E-state index in [1.54, 1.807) is 6.20 Å². The van der Waals surface area contributed by atoms with Crippen molar-refractivity contribution in [1.29, 1.82) is 0 Å². The maximum absolute atomic E-state index is 12.3. The number of pyridine rings is 1. The highest BCUT2D eigenvalue weighted by molar-refractivity contribution is 5.89. The van der Waals surface area contributed by atoms with Crippen molar-refractivity contribution >= 4 is 22.9 Å². The molecule has 0 fully saturated rings. The second kappa shape index (κ2) is 9.06. The van der Waals surface area contributed by atoms with Crippen LogP contribution in [0.5, 0.6) is 0 Å². The molecule has 0 bridgehead atoms. The molecule has 0 atom stereocenters. The zero-order valence-electron chi connectivity index (χ0n) is 17.7. The van der Waals surface area contributed by atoms with Gasteiger partial charge in [-0.2, -0.15) is 0 Å². The van der Waals surface area contributed by atoms with Crippen molar-refractivity contribution in [1.82, 2.24) is 10.3 Å². The number of aromatic nitrogens is 1. The van der Waals surface area contributed by atoms with E-state index in [1.165, 1.54) is 27.6 Å². The van der Waals surface area contributed by atoms with Crippen LogP contribution in [0.3, 0.4) is 0 Å². The number of ether oxygens (including phenoxy) is 1. The summed E-state index contributed by atoms with van der Waals surface area (Å²) in [7, 11) is 0. The van der Waals surface area contributed by atoms with Crippen LogP contribution in [0.15, 0.2) is 91.3 Å². The molecule has 5 rings (SSSR count). The van der Waals surface area contributed by atoms with Crippen LogP contribution < -0.4 is 5.32 Å².